The van der Waals surface area contributed by atoms with E-state index in [1.54, 1.807) is 12.1 Å². The number of benzene rings is 2. The summed E-state index contributed by atoms with van der Waals surface area (Å²) < 4.78 is 51.4. The summed E-state index contributed by atoms with van der Waals surface area (Å²) in [5.74, 6) is -0.838. The first-order chi connectivity index (χ1) is 14.2. The average Bonchev–Trinajstić information content (AvgIpc) is 2.71. The number of Topliss-reactive ketones (excluding diaryl/α,β-unsaturated/α-hetero) is 1. The molecule has 3 rings (SSSR count). The molecule has 30 heavy (non-hydrogen) atoms. The summed E-state index contributed by atoms with van der Waals surface area (Å²) in [6.07, 6.45) is -0.337. The quantitative estimate of drug-likeness (QED) is 0.672. The van der Waals surface area contributed by atoms with E-state index in [4.69, 9.17) is 9.47 Å². The topological polar surface area (TPSA) is 84.9 Å². The Morgan fingerprint density at radius 1 is 1.17 bits per heavy atom. The van der Waals surface area contributed by atoms with Gasteiger partial charge in [0.1, 0.15) is 0 Å². The zero-order valence-electron chi connectivity index (χ0n) is 17.1. The van der Waals surface area contributed by atoms with Gasteiger partial charge in [-0.3, -0.25) is 4.79 Å². The van der Waals surface area contributed by atoms with Gasteiger partial charge >= 0.3 is 0 Å². The van der Waals surface area contributed by atoms with Crippen LogP contribution in [0.2, 0.25) is 0 Å². The largest absolute Gasteiger partial charge is 0.494 e. The lowest BCUT2D eigenvalue weighted by atomic mass is 10.1. The molecule has 1 heterocycles. The minimum Gasteiger partial charge on any atom is -0.494 e. The molecule has 0 saturated carbocycles. The normalized spacial score (nSPS) is 20.0. The molecule has 0 aromatic heterocycles. The molecule has 0 spiro atoms. The van der Waals surface area contributed by atoms with Crippen LogP contribution in [0.15, 0.2) is 47.4 Å². The van der Waals surface area contributed by atoms with E-state index < -0.39 is 15.8 Å². The molecule has 1 N–H and O–H groups in total. The third kappa shape index (κ3) is 4.97. The molecule has 1 fully saturated rings. The number of nitrogens with zero attached hydrogens (tertiary/aromatic N) is 1. The Bertz CT molecular complexity index is 1000. The molecular formula is C21H25FN2O5S. The van der Waals surface area contributed by atoms with Gasteiger partial charge in [-0.05, 0) is 56.3 Å². The summed E-state index contributed by atoms with van der Waals surface area (Å²) in [5, 5.41) is 2.93. The van der Waals surface area contributed by atoms with Crippen LogP contribution in [0.25, 0.3) is 0 Å². The summed E-state index contributed by atoms with van der Waals surface area (Å²) in [6.45, 7) is 4.24. The second-order valence-electron chi connectivity index (χ2n) is 7.23. The summed E-state index contributed by atoms with van der Waals surface area (Å²) in [5.41, 5.74) is 0.801. The summed E-state index contributed by atoms with van der Waals surface area (Å²) >= 11 is 0. The van der Waals surface area contributed by atoms with Crippen LogP contribution in [-0.4, -0.2) is 57.5 Å². The Kier molecular flexibility index (Phi) is 6.74. The van der Waals surface area contributed by atoms with E-state index in [0.717, 1.165) is 6.07 Å². The highest BCUT2D eigenvalue weighted by Gasteiger charge is 2.32. The van der Waals surface area contributed by atoms with E-state index in [1.807, 2.05) is 13.8 Å². The number of hydrogen-bond acceptors (Lipinski definition) is 6. The molecule has 0 amide bonds. The van der Waals surface area contributed by atoms with Crippen molar-refractivity contribution in [2.75, 3.05) is 32.1 Å². The molecule has 0 bridgehead atoms. The van der Waals surface area contributed by atoms with Crippen LogP contribution in [0.1, 0.15) is 24.2 Å². The molecule has 1 aliphatic heterocycles. The van der Waals surface area contributed by atoms with Crippen molar-refractivity contribution >= 4 is 21.5 Å². The highest BCUT2D eigenvalue weighted by atomic mass is 32.2. The Hall–Kier alpha value is -2.49. The second-order valence-corrected chi connectivity index (χ2v) is 9.17. The maximum atomic E-state index is 13.8. The first-order valence-corrected chi connectivity index (χ1v) is 11.0. The Labute approximate surface area is 175 Å². The van der Waals surface area contributed by atoms with Crippen LogP contribution in [0.5, 0.6) is 5.75 Å². The number of carbonyl (C=O) groups excluding carboxylic acids is 1. The van der Waals surface area contributed by atoms with Crippen LogP contribution in [0, 0.1) is 5.82 Å². The third-order valence-electron chi connectivity index (χ3n) is 4.81. The molecule has 1 aliphatic rings. The van der Waals surface area contributed by atoms with Gasteiger partial charge in [0.05, 0.1) is 30.8 Å². The van der Waals surface area contributed by atoms with Crippen LogP contribution in [0.4, 0.5) is 10.1 Å². The summed E-state index contributed by atoms with van der Waals surface area (Å²) in [6, 6.07) is 10.2. The fourth-order valence-electron chi connectivity index (χ4n) is 3.35. The van der Waals surface area contributed by atoms with Crippen LogP contribution in [-0.2, 0) is 14.8 Å². The van der Waals surface area contributed by atoms with Gasteiger partial charge in [-0.2, -0.15) is 4.31 Å². The number of nitrogens with one attached hydrogen (secondary N) is 1. The number of carbonyl (C=O) groups is 1. The van der Waals surface area contributed by atoms with Crippen molar-refractivity contribution in [3.8, 4) is 5.75 Å². The molecule has 162 valence electrons. The van der Waals surface area contributed by atoms with Gasteiger partial charge < -0.3 is 14.8 Å². The molecule has 2 atom stereocenters. The van der Waals surface area contributed by atoms with Gasteiger partial charge in [-0.25, -0.2) is 12.8 Å². The molecule has 2 aromatic rings. The summed E-state index contributed by atoms with van der Waals surface area (Å²) in [7, 11) is -2.27. The van der Waals surface area contributed by atoms with Gasteiger partial charge in [0, 0.05) is 24.3 Å². The van der Waals surface area contributed by atoms with Gasteiger partial charge in [0.15, 0.2) is 17.3 Å². The Morgan fingerprint density at radius 3 is 2.37 bits per heavy atom. The van der Waals surface area contributed by atoms with Crippen molar-refractivity contribution in [2.45, 2.75) is 31.0 Å². The number of hydrogen-bond donors (Lipinski definition) is 1. The first-order valence-electron chi connectivity index (χ1n) is 9.57. The predicted molar refractivity (Wildman–Crippen MR) is 111 cm³/mol. The highest BCUT2D eigenvalue weighted by molar-refractivity contribution is 7.89. The lowest BCUT2D eigenvalue weighted by Gasteiger charge is -2.34. The van der Waals surface area contributed by atoms with E-state index in [-0.39, 0.29) is 40.7 Å². The number of rotatable bonds is 7. The zero-order chi connectivity index (χ0) is 21.9. The SMILES string of the molecule is COc1ccc(C(=O)CNc2ccc(S(=O)(=O)N3CC(C)OC(C)C3)cc2)cc1F. The number of ether oxygens (including phenoxy) is 2. The second kappa shape index (κ2) is 9.11. The van der Waals surface area contributed by atoms with E-state index in [0.29, 0.717) is 18.8 Å². The van der Waals surface area contributed by atoms with Crippen molar-refractivity contribution < 1.29 is 27.1 Å². The monoisotopic (exact) mass is 436 g/mol. The molecule has 2 aromatic carbocycles. The van der Waals surface area contributed by atoms with Crippen molar-refractivity contribution in [1.29, 1.82) is 0 Å². The molecule has 0 radical (unpaired) electrons. The molecule has 2 unspecified atom stereocenters. The van der Waals surface area contributed by atoms with E-state index >= 15 is 0 Å². The van der Waals surface area contributed by atoms with Crippen molar-refractivity contribution in [2.24, 2.45) is 0 Å². The first kappa shape index (κ1) is 22.2. The maximum absolute atomic E-state index is 13.8. The highest BCUT2D eigenvalue weighted by Crippen LogP contribution is 2.23. The lowest BCUT2D eigenvalue weighted by Crippen LogP contribution is -2.48. The zero-order valence-corrected chi connectivity index (χ0v) is 17.9. The van der Waals surface area contributed by atoms with Gasteiger partial charge in [-0.15, -0.1) is 0 Å². The maximum Gasteiger partial charge on any atom is 0.243 e. The number of ketones is 1. The number of halogens is 1. The smallest absolute Gasteiger partial charge is 0.243 e. The fraction of sp³-hybridized carbons (Fsp3) is 0.381. The van der Waals surface area contributed by atoms with Crippen molar-refractivity contribution in [3.63, 3.8) is 0 Å². The van der Waals surface area contributed by atoms with Crippen LogP contribution >= 0.6 is 0 Å². The molecule has 1 saturated heterocycles. The standard InChI is InChI=1S/C21H25FN2O5S/c1-14-12-24(13-15(2)29-14)30(26,27)18-7-5-17(6-8-18)23-11-20(25)16-4-9-21(28-3)19(22)10-16/h4-10,14-15,23H,11-13H2,1-3H3. The number of sulfonamides is 1. The predicted octanol–water partition coefficient (Wildman–Crippen LogP) is 2.93. The van der Waals surface area contributed by atoms with Gasteiger partial charge in [0.2, 0.25) is 10.0 Å². The van der Waals surface area contributed by atoms with Crippen LogP contribution < -0.4 is 10.1 Å². The molecule has 9 heteroatoms. The molecular weight excluding hydrogens is 411 g/mol. The van der Waals surface area contributed by atoms with E-state index in [9.17, 15) is 17.6 Å². The van der Waals surface area contributed by atoms with Gasteiger partial charge in [-0.1, -0.05) is 0 Å². The minimum absolute atomic E-state index is 0.0592. The van der Waals surface area contributed by atoms with Crippen LogP contribution in [0.3, 0.4) is 0 Å². The summed E-state index contributed by atoms with van der Waals surface area (Å²) in [4.78, 5) is 12.5. The van der Waals surface area contributed by atoms with Crippen molar-refractivity contribution in [3.05, 3.63) is 53.8 Å². The lowest BCUT2D eigenvalue weighted by molar-refractivity contribution is -0.0440. The Balaban J connectivity index is 1.64. The van der Waals surface area contributed by atoms with E-state index in [2.05, 4.69) is 5.32 Å². The number of morpholine rings is 1. The average molecular weight is 437 g/mol. The van der Waals surface area contributed by atoms with Gasteiger partial charge in [0.25, 0.3) is 0 Å². The van der Waals surface area contributed by atoms with E-state index in [1.165, 1.54) is 35.7 Å². The minimum atomic E-state index is -3.63. The van der Waals surface area contributed by atoms with Crippen molar-refractivity contribution in [1.82, 2.24) is 4.31 Å². The molecule has 0 aliphatic carbocycles. The fourth-order valence-corrected chi connectivity index (χ4v) is 4.94. The Morgan fingerprint density at radius 2 is 1.80 bits per heavy atom. The number of anilines is 1. The number of methoxy groups -OCH3 is 1. The molecule has 7 nitrogen and oxygen atoms in total. The third-order valence-corrected chi connectivity index (χ3v) is 6.65.